The molecule has 0 saturated carbocycles. The van der Waals surface area contributed by atoms with Crippen molar-refractivity contribution in [1.29, 1.82) is 0 Å². The molecule has 2 heterocycles. The summed E-state index contributed by atoms with van der Waals surface area (Å²) < 4.78 is 16.3. The van der Waals surface area contributed by atoms with Crippen molar-refractivity contribution in [3.05, 3.63) is 41.3 Å². The number of aliphatic imine (C=N–C) groups is 1. The van der Waals surface area contributed by atoms with E-state index < -0.39 is 0 Å². The first-order chi connectivity index (χ1) is 15.2. The van der Waals surface area contributed by atoms with Gasteiger partial charge in [0.1, 0.15) is 5.75 Å². The van der Waals surface area contributed by atoms with Crippen LogP contribution in [-0.4, -0.2) is 64.0 Å². The van der Waals surface area contributed by atoms with Crippen molar-refractivity contribution in [3.8, 4) is 16.2 Å². The zero-order chi connectivity index (χ0) is 21.9. The summed E-state index contributed by atoms with van der Waals surface area (Å²) in [7, 11) is 3.42. The molecule has 1 aliphatic rings. The van der Waals surface area contributed by atoms with Crippen molar-refractivity contribution in [2.24, 2.45) is 4.99 Å². The minimum atomic E-state index is 0. The highest BCUT2D eigenvalue weighted by Crippen LogP contribution is 2.30. The average Bonchev–Trinajstić information content (AvgIpc) is 3.29. The van der Waals surface area contributed by atoms with E-state index >= 15 is 0 Å². The molecule has 6 nitrogen and oxygen atoms in total. The first kappa shape index (κ1) is 26.9. The summed E-state index contributed by atoms with van der Waals surface area (Å²) in [5.74, 6) is 1.88. The van der Waals surface area contributed by atoms with E-state index in [0.29, 0.717) is 12.6 Å². The second-order valence-electron chi connectivity index (χ2n) is 7.57. The van der Waals surface area contributed by atoms with Gasteiger partial charge in [0.2, 0.25) is 0 Å². The van der Waals surface area contributed by atoms with Gasteiger partial charge in [0.15, 0.2) is 5.96 Å². The molecule has 8 heteroatoms. The predicted molar refractivity (Wildman–Crippen MR) is 144 cm³/mol. The number of thiophene rings is 1. The molecule has 0 atom stereocenters. The lowest BCUT2D eigenvalue weighted by Crippen LogP contribution is -2.47. The Morgan fingerprint density at radius 2 is 1.84 bits per heavy atom. The predicted octanol–water partition coefficient (Wildman–Crippen LogP) is 5.02. The zero-order valence-electron chi connectivity index (χ0n) is 19.3. The maximum Gasteiger partial charge on any atom is 0.194 e. The van der Waals surface area contributed by atoms with Crippen molar-refractivity contribution in [3.63, 3.8) is 0 Å². The summed E-state index contributed by atoms with van der Waals surface area (Å²) >= 11 is 1.80. The Hall–Kier alpha value is -1.36. The average molecular weight is 574 g/mol. The number of ether oxygens (including phenoxy) is 3. The van der Waals surface area contributed by atoms with Crippen LogP contribution in [0.25, 0.3) is 10.4 Å². The van der Waals surface area contributed by atoms with Crippen molar-refractivity contribution >= 4 is 41.3 Å². The van der Waals surface area contributed by atoms with Gasteiger partial charge >= 0.3 is 0 Å². The molecule has 1 fully saturated rings. The van der Waals surface area contributed by atoms with Gasteiger partial charge in [0, 0.05) is 49.7 Å². The topological polar surface area (TPSA) is 55.3 Å². The molecule has 0 aliphatic carbocycles. The second kappa shape index (κ2) is 14.7. The first-order valence-corrected chi connectivity index (χ1v) is 11.9. The molecule has 0 unspecified atom stereocenters. The van der Waals surface area contributed by atoms with E-state index in [1.807, 2.05) is 12.1 Å². The van der Waals surface area contributed by atoms with Crippen LogP contribution in [0.2, 0.25) is 0 Å². The van der Waals surface area contributed by atoms with E-state index in [1.54, 1.807) is 25.6 Å². The molecule has 0 radical (unpaired) electrons. The summed E-state index contributed by atoms with van der Waals surface area (Å²) in [5, 5.41) is 3.46. The number of rotatable bonds is 10. The van der Waals surface area contributed by atoms with Gasteiger partial charge in [-0.3, -0.25) is 0 Å². The Balaban J connectivity index is 0.00000363. The Bertz CT molecular complexity index is 805. The van der Waals surface area contributed by atoms with Gasteiger partial charge in [-0.05, 0) is 68.1 Å². The third-order valence-electron chi connectivity index (χ3n) is 5.34. The largest absolute Gasteiger partial charge is 0.497 e. The number of methoxy groups -OCH3 is 2. The monoisotopic (exact) mass is 573 g/mol. The third-order valence-corrected chi connectivity index (χ3v) is 6.46. The number of nitrogens with one attached hydrogen (secondary N) is 1. The highest BCUT2D eigenvalue weighted by Gasteiger charge is 2.21. The minimum Gasteiger partial charge on any atom is -0.497 e. The molecule has 178 valence electrons. The lowest BCUT2D eigenvalue weighted by atomic mass is 10.1. The third kappa shape index (κ3) is 8.20. The highest BCUT2D eigenvalue weighted by atomic mass is 127. The van der Waals surface area contributed by atoms with Crippen LogP contribution in [0.4, 0.5) is 0 Å². The number of piperidine rings is 1. The number of nitrogens with zero attached hydrogens (tertiary/aromatic N) is 2. The van der Waals surface area contributed by atoms with E-state index in [1.165, 1.54) is 15.3 Å². The van der Waals surface area contributed by atoms with Crippen LogP contribution in [0.15, 0.2) is 41.4 Å². The van der Waals surface area contributed by atoms with E-state index in [-0.39, 0.29) is 24.0 Å². The molecule has 0 spiro atoms. The van der Waals surface area contributed by atoms with Gasteiger partial charge in [0.25, 0.3) is 0 Å². The van der Waals surface area contributed by atoms with Gasteiger partial charge in [-0.1, -0.05) is 0 Å². The molecule has 1 aromatic carbocycles. The number of hydrogen-bond acceptors (Lipinski definition) is 5. The van der Waals surface area contributed by atoms with Crippen LogP contribution < -0.4 is 10.1 Å². The number of halogens is 1. The molecule has 1 aliphatic heterocycles. The Morgan fingerprint density at radius 3 is 2.50 bits per heavy atom. The smallest absolute Gasteiger partial charge is 0.194 e. The van der Waals surface area contributed by atoms with Crippen LogP contribution in [0.5, 0.6) is 5.75 Å². The molecule has 0 amide bonds. The standard InChI is InChI=1S/C24H35N3O3S.HI/c1-4-25-24(27-14-12-21(13-15-27)30-17-5-16-28-2)26-18-22-10-11-23(31-22)19-6-8-20(29-3)9-7-19;/h6-11,21H,4-5,12-18H2,1-3H3,(H,25,26);1H. The molecule has 1 saturated heterocycles. The summed E-state index contributed by atoms with van der Waals surface area (Å²) in [5.41, 5.74) is 1.21. The molecule has 3 rings (SSSR count). The number of benzene rings is 1. The fourth-order valence-electron chi connectivity index (χ4n) is 3.64. The van der Waals surface area contributed by atoms with E-state index in [9.17, 15) is 0 Å². The van der Waals surface area contributed by atoms with Crippen molar-refractivity contribution in [1.82, 2.24) is 10.2 Å². The van der Waals surface area contributed by atoms with Gasteiger partial charge in [0.05, 0.1) is 19.8 Å². The van der Waals surface area contributed by atoms with Gasteiger partial charge in [-0.15, -0.1) is 35.3 Å². The van der Waals surface area contributed by atoms with E-state index in [2.05, 4.69) is 41.4 Å². The fourth-order valence-corrected chi connectivity index (χ4v) is 4.58. The zero-order valence-corrected chi connectivity index (χ0v) is 22.5. The number of likely N-dealkylation sites (tertiary alicyclic amines) is 1. The van der Waals surface area contributed by atoms with Gasteiger partial charge in [-0.2, -0.15) is 0 Å². The summed E-state index contributed by atoms with van der Waals surface area (Å²) in [4.78, 5) is 9.79. The molecule has 1 N–H and O–H groups in total. The SMILES string of the molecule is CCNC(=NCc1ccc(-c2ccc(OC)cc2)s1)N1CCC(OCCCOC)CC1.I. The Kier molecular flexibility index (Phi) is 12.4. The highest BCUT2D eigenvalue weighted by molar-refractivity contribution is 14.0. The van der Waals surface area contributed by atoms with Crippen LogP contribution in [-0.2, 0) is 16.0 Å². The molecular formula is C24H36IN3O3S. The van der Waals surface area contributed by atoms with Crippen LogP contribution >= 0.6 is 35.3 Å². The number of hydrogen-bond donors (Lipinski definition) is 1. The Labute approximate surface area is 213 Å². The quantitative estimate of drug-likeness (QED) is 0.187. The minimum absolute atomic E-state index is 0. The van der Waals surface area contributed by atoms with Gasteiger partial charge < -0.3 is 24.4 Å². The fraction of sp³-hybridized carbons (Fsp3) is 0.542. The molecule has 32 heavy (non-hydrogen) atoms. The number of guanidine groups is 1. The van der Waals surface area contributed by atoms with E-state index in [0.717, 1.165) is 63.8 Å². The lowest BCUT2D eigenvalue weighted by Gasteiger charge is -2.34. The van der Waals surface area contributed by atoms with E-state index in [4.69, 9.17) is 19.2 Å². The summed E-state index contributed by atoms with van der Waals surface area (Å²) in [6, 6.07) is 12.6. The maximum absolute atomic E-state index is 5.99. The summed E-state index contributed by atoms with van der Waals surface area (Å²) in [6.07, 6.45) is 3.39. The second-order valence-corrected chi connectivity index (χ2v) is 8.74. The molecule has 1 aromatic heterocycles. The molecule has 0 bridgehead atoms. The van der Waals surface area contributed by atoms with Crippen molar-refractivity contribution in [2.45, 2.75) is 38.8 Å². The van der Waals surface area contributed by atoms with Crippen molar-refractivity contribution < 1.29 is 14.2 Å². The van der Waals surface area contributed by atoms with Crippen LogP contribution in [0.1, 0.15) is 31.1 Å². The maximum atomic E-state index is 5.99. The lowest BCUT2D eigenvalue weighted by molar-refractivity contribution is 0.00990. The summed E-state index contributed by atoms with van der Waals surface area (Å²) in [6.45, 7) is 7.17. The molecular weight excluding hydrogens is 537 g/mol. The molecule has 2 aromatic rings. The Morgan fingerprint density at radius 1 is 1.09 bits per heavy atom. The van der Waals surface area contributed by atoms with Crippen LogP contribution in [0, 0.1) is 0 Å². The normalized spacial score (nSPS) is 14.8. The van der Waals surface area contributed by atoms with Gasteiger partial charge in [-0.25, -0.2) is 4.99 Å². The first-order valence-electron chi connectivity index (χ1n) is 11.1. The van der Waals surface area contributed by atoms with Crippen molar-refractivity contribution in [2.75, 3.05) is 47.1 Å². The van der Waals surface area contributed by atoms with Crippen LogP contribution in [0.3, 0.4) is 0 Å².